The van der Waals surface area contributed by atoms with Crippen LogP contribution >= 0.6 is 0 Å². The number of allylic oxidation sites excluding steroid dienone is 1. The first kappa shape index (κ1) is 18.6. The molecule has 4 heteroatoms. The van der Waals surface area contributed by atoms with Crippen LogP contribution in [-0.4, -0.2) is 22.1 Å². The topological polar surface area (TPSA) is 52.0 Å². The van der Waals surface area contributed by atoms with Gasteiger partial charge < -0.3 is 4.57 Å². The largest absolute Gasteiger partial charge is 0.334 e. The van der Waals surface area contributed by atoms with Crippen LogP contribution in [0.1, 0.15) is 27.2 Å². The highest BCUT2D eigenvalue weighted by Gasteiger charge is 2.10. The van der Waals surface area contributed by atoms with Crippen LogP contribution in [-0.2, 0) is 17.8 Å². The Morgan fingerprint density at radius 1 is 0.931 bits per heavy atom. The molecule has 0 aliphatic heterocycles. The van der Waals surface area contributed by atoms with Gasteiger partial charge in [-0.05, 0) is 46.5 Å². The Hall–Kier alpha value is -3.79. The first-order chi connectivity index (χ1) is 14.3. The smallest absolute Gasteiger partial charge is 0.166 e. The molecule has 5 rings (SSSR count). The van der Waals surface area contributed by atoms with Crippen molar-refractivity contribution in [1.82, 2.24) is 9.55 Å². The molecule has 142 valence electrons. The number of carbonyl (C=O) groups is 2. The Morgan fingerprint density at radius 3 is 2.52 bits per heavy atom. The Morgan fingerprint density at radius 2 is 1.76 bits per heavy atom. The molecule has 29 heavy (non-hydrogen) atoms. The third-order valence-electron chi connectivity index (χ3n) is 4.97. The fourth-order valence-corrected chi connectivity index (χ4v) is 3.56. The second kappa shape index (κ2) is 8.48. The highest BCUT2D eigenvalue weighted by molar-refractivity contribution is 5.89. The lowest BCUT2D eigenvalue weighted by atomic mass is 10.1. The van der Waals surface area contributed by atoms with Gasteiger partial charge in [0.1, 0.15) is 6.29 Å². The molecular formula is C25H20N2O2. The van der Waals surface area contributed by atoms with Crippen molar-refractivity contribution in [3.63, 3.8) is 0 Å². The number of hydrogen-bond donors (Lipinski definition) is 0. The molecule has 0 amide bonds. The zero-order valence-electron chi connectivity index (χ0n) is 15.9. The average Bonchev–Trinajstić information content (AvgIpc) is 3.36. The van der Waals surface area contributed by atoms with Crippen LogP contribution in [0.5, 0.6) is 0 Å². The molecular weight excluding hydrogens is 360 g/mol. The summed E-state index contributed by atoms with van der Waals surface area (Å²) in [5.41, 5.74) is 6.18. The molecule has 0 radical (unpaired) electrons. The van der Waals surface area contributed by atoms with Crippen molar-refractivity contribution >= 4 is 29.6 Å². The van der Waals surface area contributed by atoms with Gasteiger partial charge in [0.15, 0.2) is 6.29 Å². The molecule has 0 unspecified atom stereocenters. The van der Waals surface area contributed by atoms with Crippen molar-refractivity contribution < 1.29 is 9.59 Å². The maximum Gasteiger partial charge on any atom is 0.166 e. The van der Waals surface area contributed by atoms with Crippen LogP contribution in [0.15, 0.2) is 84.7 Å². The standard InChI is InChI=1S/C15H12N2O.C10H8O/c18-11-14-8-13-5-1-2-6-15(13)17(14)10-12-4-3-7-16-9-12;11-7-8-5-9-3-1-2-4-10(9)6-8/h1-9,11H,10H2;1-5,7H,6H2. The van der Waals surface area contributed by atoms with E-state index in [0.29, 0.717) is 12.2 Å². The van der Waals surface area contributed by atoms with Crippen molar-refractivity contribution in [1.29, 1.82) is 0 Å². The Balaban J connectivity index is 0.000000159. The maximum absolute atomic E-state index is 11.2. The van der Waals surface area contributed by atoms with E-state index in [0.717, 1.165) is 41.0 Å². The minimum atomic E-state index is 0.662. The van der Waals surface area contributed by atoms with E-state index in [4.69, 9.17) is 0 Å². The van der Waals surface area contributed by atoms with Gasteiger partial charge in [-0.25, -0.2) is 0 Å². The highest BCUT2D eigenvalue weighted by Crippen LogP contribution is 2.23. The van der Waals surface area contributed by atoms with Crippen LogP contribution in [0.2, 0.25) is 0 Å². The second-order valence-electron chi connectivity index (χ2n) is 6.91. The highest BCUT2D eigenvalue weighted by atomic mass is 16.1. The van der Waals surface area contributed by atoms with Gasteiger partial charge >= 0.3 is 0 Å². The maximum atomic E-state index is 11.2. The predicted octanol–water partition coefficient (Wildman–Crippen LogP) is 4.72. The zero-order valence-corrected chi connectivity index (χ0v) is 15.9. The van der Waals surface area contributed by atoms with E-state index >= 15 is 0 Å². The summed E-state index contributed by atoms with van der Waals surface area (Å²) in [5.74, 6) is 0. The number of rotatable bonds is 4. The zero-order chi connectivity index (χ0) is 20.1. The van der Waals surface area contributed by atoms with Gasteiger partial charge in [-0.1, -0.05) is 48.5 Å². The van der Waals surface area contributed by atoms with Gasteiger partial charge in [-0.3, -0.25) is 14.6 Å². The lowest BCUT2D eigenvalue weighted by Gasteiger charge is -2.07. The third kappa shape index (κ3) is 4.06. The summed E-state index contributed by atoms with van der Waals surface area (Å²) in [6.45, 7) is 0.662. The van der Waals surface area contributed by atoms with Crippen LogP contribution in [0.25, 0.3) is 17.0 Å². The molecule has 1 aliphatic carbocycles. The van der Waals surface area contributed by atoms with Crippen LogP contribution < -0.4 is 0 Å². The molecule has 1 aliphatic rings. The summed E-state index contributed by atoms with van der Waals surface area (Å²) in [6, 6.07) is 21.9. The lowest BCUT2D eigenvalue weighted by Crippen LogP contribution is -2.03. The van der Waals surface area contributed by atoms with E-state index in [1.54, 1.807) is 6.20 Å². The first-order valence-electron chi connectivity index (χ1n) is 9.44. The summed E-state index contributed by atoms with van der Waals surface area (Å²) in [5, 5.41) is 1.09. The lowest BCUT2D eigenvalue weighted by molar-refractivity contribution is -0.104. The normalized spacial score (nSPS) is 11.9. The number of aromatic nitrogens is 2. The minimum Gasteiger partial charge on any atom is -0.334 e. The Bertz CT molecular complexity index is 1190. The van der Waals surface area contributed by atoms with Crippen molar-refractivity contribution in [3.05, 3.63) is 107 Å². The molecule has 0 saturated heterocycles. The molecule has 2 aromatic carbocycles. The van der Waals surface area contributed by atoms with E-state index in [9.17, 15) is 9.59 Å². The molecule has 0 fully saturated rings. The Labute approximate surface area is 169 Å². The van der Waals surface area contributed by atoms with Gasteiger partial charge in [-0.15, -0.1) is 0 Å². The summed E-state index contributed by atoms with van der Waals surface area (Å²) in [6.07, 6.45) is 8.15. The second-order valence-corrected chi connectivity index (χ2v) is 6.91. The van der Waals surface area contributed by atoms with Crippen molar-refractivity contribution in [3.8, 4) is 0 Å². The van der Waals surface area contributed by atoms with Crippen molar-refractivity contribution in [2.45, 2.75) is 13.0 Å². The van der Waals surface area contributed by atoms with E-state index in [1.165, 1.54) is 11.1 Å². The molecule has 0 spiro atoms. The Kier molecular flexibility index (Phi) is 5.43. The number of pyridine rings is 1. The van der Waals surface area contributed by atoms with E-state index in [-0.39, 0.29) is 0 Å². The molecule has 2 heterocycles. The number of benzene rings is 2. The predicted molar refractivity (Wildman–Crippen MR) is 115 cm³/mol. The fourth-order valence-electron chi connectivity index (χ4n) is 3.56. The first-order valence-corrected chi connectivity index (χ1v) is 9.44. The number of carbonyl (C=O) groups excluding carboxylic acids is 2. The molecule has 0 saturated carbocycles. The molecule has 4 aromatic rings. The number of nitrogens with zero attached hydrogens (tertiary/aromatic N) is 2. The average molecular weight is 380 g/mol. The van der Waals surface area contributed by atoms with E-state index < -0.39 is 0 Å². The summed E-state index contributed by atoms with van der Waals surface area (Å²) in [4.78, 5) is 25.7. The van der Waals surface area contributed by atoms with Crippen LogP contribution in [0.4, 0.5) is 0 Å². The number of hydrogen-bond acceptors (Lipinski definition) is 3. The van der Waals surface area contributed by atoms with Gasteiger partial charge in [0.25, 0.3) is 0 Å². The monoisotopic (exact) mass is 380 g/mol. The van der Waals surface area contributed by atoms with Crippen LogP contribution in [0, 0.1) is 0 Å². The van der Waals surface area contributed by atoms with E-state index in [1.807, 2.05) is 77.5 Å². The van der Waals surface area contributed by atoms with E-state index in [2.05, 4.69) is 11.1 Å². The van der Waals surface area contributed by atoms with Gasteiger partial charge in [-0.2, -0.15) is 0 Å². The quantitative estimate of drug-likeness (QED) is 0.481. The number of aldehydes is 2. The molecule has 0 N–H and O–H groups in total. The molecule has 2 aromatic heterocycles. The number of fused-ring (bicyclic) bond motifs is 2. The summed E-state index contributed by atoms with van der Waals surface area (Å²) >= 11 is 0. The van der Waals surface area contributed by atoms with Gasteiger partial charge in [0.2, 0.25) is 0 Å². The summed E-state index contributed by atoms with van der Waals surface area (Å²) < 4.78 is 2.01. The number of para-hydroxylation sites is 1. The fraction of sp³-hybridized carbons (Fsp3) is 0.0800. The van der Waals surface area contributed by atoms with Crippen molar-refractivity contribution in [2.75, 3.05) is 0 Å². The summed E-state index contributed by atoms with van der Waals surface area (Å²) in [7, 11) is 0. The van der Waals surface area contributed by atoms with Gasteiger partial charge in [0.05, 0.1) is 5.69 Å². The van der Waals surface area contributed by atoms with Crippen LogP contribution in [0.3, 0.4) is 0 Å². The molecule has 4 nitrogen and oxygen atoms in total. The van der Waals surface area contributed by atoms with Gasteiger partial charge in [0, 0.05) is 36.3 Å². The molecule has 0 bridgehead atoms. The molecule has 0 atom stereocenters. The SMILES string of the molecule is O=CC1=Cc2ccccc2C1.O=Cc1cc2ccccc2n1Cc1cccnc1. The third-order valence-corrected chi connectivity index (χ3v) is 4.97. The minimum absolute atomic E-state index is 0.662. The van der Waals surface area contributed by atoms with Crippen molar-refractivity contribution in [2.24, 2.45) is 0 Å².